The van der Waals surface area contributed by atoms with Gasteiger partial charge in [-0.05, 0) is 49.2 Å². The van der Waals surface area contributed by atoms with Gasteiger partial charge in [0.25, 0.3) is 5.91 Å². The molecule has 0 unspecified atom stereocenters. The summed E-state index contributed by atoms with van der Waals surface area (Å²) in [5.74, 6) is -0.206. The Hall–Kier alpha value is -3.51. The largest absolute Gasteiger partial charge is 0.332 e. The quantitative estimate of drug-likeness (QED) is 0.443. The number of nitrogens with zero attached hydrogens (tertiary/aromatic N) is 2. The van der Waals surface area contributed by atoms with E-state index in [-0.39, 0.29) is 5.91 Å². The van der Waals surface area contributed by atoms with Gasteiger partial charge in [0, 0.05) is 17.4 Å². The van der Waals surface area contributed by atoms with Crippen molar-refractivity contribution >= 4 is 33.8 Å². The molecule has 29 heavy (non-hydrogen) atoms. The number of aryl methyl sites for hydroxylation is 2. The lowest BCUT2D eigenvalue weighted by Crippen LogP contribution is -2.11. The van der Waals surface area contributed by atoms with Crippen LogP contribution in [-0.4, -0.2) is 15.9 Å². The normalized spacial score (nSPS) is 10.6. The molecule has 0 saturated heterocycles. The molecular formula is C23H20N4OS. The molecule has 0 aliphatic carbocycles. The Labute approximate surface area is 173 Å². The highest BCUT2D eigenvalue weighted by molar-refractivity contribution is 7.18. The number of rotatable bonds is 5. The first-order chi connectivity index (χ1) is 14.1. The summed E-state index contributed by atoms with van der Waals surface area (Å²) in [7, 11) is 0. The molecule has 0 fully saturated rings. The number of carbonyl (C=O) groups excluding carboxylic acids is 1. The number of aromatic nitrogens is 2. The highest BCUT2D eigenvalue weighted by Crippen LogP contribution is 2.33. The standard InChI is InChI=1S/C23H20N4OS/c1-15-10-11-18(13-16(15)2)26-23-27-20(17-7-4-3-5-8-17)21(29-23)22(28)25-19-9-6-12-24-14-19/h3-14H,1-2H3,(H,25,28)(H,26,27). The second-order valence-corrected chi connectivity index (χ2v) is 7.68. The lowest BCUT2D eigenvalue weighted by atomic mass is 10.1. The van der Waals surface area contributed by atoms with Crippen LogP contribution in [-0.2, 0) is 0 Å². The van der Waals surface area contributed by atoms with Crippen LogP contribution in [0.2, 0.25) is 0 Å². The van der Waals surface area contributed by atoms with Crippen molar-refractivity contribution in [2.45, 2.75) is 13.8 Å². The van der Waals surface area contributed by atoms with Crippen molar-refractivity contribution in [1.29, 1.82) is 0 Å². The summed E-state index contributed by atoms with van der Waals surface area (Å²) in [4.78, 5) is 22.3. The number of benzene rings is 2. The zero-order valence-electron chi connectivity index (χ0n) is 16.1. The molecule has 6 heteroatoms. The smallest absolute Gasteiger partial charge is 0.268 e. The average molecular weight is 401 g/mol. The van der Waals surface area contributed by atoms with Gasteiger partial charge in [0.15, 0.2) is 5.13 Å². The predicted molar refractivity (Wildman–Crippen MR) is 119 cm³/mol. The van der Waals surface area contributed by atoms with Gasteiger partial charge in [-0.2, -0.15) is 0 Å². The maximum atomic E-state index is 13.0. The molecule has 4 aromatic rings. The molecule has 2 heterocycles. The number of hydrogen-bond acceptors (Lipinski definition) is 5. The molecule has 0 bridgehead atoms. The number of amides is 1. The third-order valence-corrected chi connectivity index (χ3v) is 5.53. The third-order valence-electron chi connectivity index (χ3n) is 4.56. The fraction of sp³-hybridized carbons (Fsp3) is 0.0870. The monoisotopic (exact) mass is 400 g/mol. The van der Waals surface area contributed by atoms with Crippen LogP contribution in [0.4, 0.5) is 16.5 Å². The fourth-order valence-electron chi connectivity index (χ4n) is 2.89. The van der Waals surface area contributed by atoms with Crippen LogP contribution in [0.1, 0.15) is 20.8 Å². The molecule has 0 radical (unpaired) electrons. The molecule has 2 N–H and O–H groups in total. The van der Waals surface area contributed by atoms with E-state index in [1.807, 2.05) is 42.5 Å². The molecule has 0 aliphatic rings. The summed E-state index contributed by atoms with van der Waals surface area (Å²) < 4.78 is 0. The number of hydrogen-bond donors (Lipinski definition) is 2. The van der Waals surface area contributed by atoms with Crippen molar-refractivity contribution in [2.75, 3.05) is 10.6 Å². The number of pyridine rings is 1. The van der Waals surface area contributed by atoms with Gasteiger partial charge in [-0.25, -0.2) is 4.98 Å². The van der Waals surface area contributed by atoms with Crippen LogP contribution in [0.15, 0.2) is 73.1 Å². The molecule has 2 aromatic carbocycles. The predicted octanol–water partition coefficient (Wildman–Crippen LogP) is 5.82. The first-order valence-corrected chi connectivity index (χ1v) is 10.0. The Morgan fingerprint density at radius 1 is 0.931 bits per heavy atom. The number of anilines is 3. The summed E-state index contributed by atoms with van der Waals surface area (Å²) in [6.45, 7) is 4.15. The van der Waals surface area contributed by atoms with Gasteiger partial charge < -0.3 is 10.6 Å². The van der Waals surface area contributed by atoms with E-state index < -0.39 is 0 Å². The Morgan fingerprint density at radius 2 is 1.76 bits per heavy atom. The lowest BCUT2D eigenvalue weighted by molar-refractivity contribution is 0.103. The van der Waals surface area contributed by atoms with E-state index in [9.17, 15) is 4.79 Å². The van der Waals surface area contributed by atoms with Gasteiger partial charge in [-0.15, -0.1) is 0 Å². The van der Waals surface area contributed by atoms with Crippen LogP contribution >= 0.6 is 11.3 Å². The second-order valence-electron chi connectivity index (χ2n) is 6.68. The number of thiazole rings is 1. The lowest BCUT2D eigenvalue weighted by Gasteiger charge is -2.05. The van der Waals surface area contributed by atoms with Crippen LogP contribution in [0, 0.1) is 13.8 Å². The molecule has 1 amide bonds. The van der Waals surface area contributed by atoms with Crippen LogP contribution < -0.4 is 10.6 Å². The minimum absolute atomic E-state index is 0.206. The second kappa shape index (κ2) is 8.24. The highest BCUT2D eigenvalue weighted by atomic mass is 32.1. The van der Waals surface area contributed by atoms with Gasteiger partial charge in [-0.1, -0.05) is 47.7 Å². The third kappa shape index (κ3) is 4.33. The minimum atomic E-state index is -0.206. The molecule has 4 rings (SSSR count). The Bertz CT molecular complexity index is 1140. The van der Waals surface area contributed by atoms with Gasteiger partial charge in [0.1, 0.15) is 4.88 Å². The van der Waals surface area contributed by atoms with E-state index in [1.165, 1.54) is 22.5 Å². The molecule has 2 aromatic heterocycles. The van der Waals surface area contributed by atoms with E-state index in [0.717, 1.165) is 11.3 Å². The summed E-state index contributed by atoms with van der Waals surface area (Å²) in [6.07, 6.45) is 3.29. The summed E-state index contributed by atoms with van der Waals surface area (Å²) >= 11 is 1.33. The average Bonchev–Trinajstić information content (AvgIpc) is 3.16. The maximum Gasteiger partial charge on any atom is 0.268 e. The van der Waals surface area contributed by atoms with Gasteiger partial charge >= 0.3 is 0 Å². The highest BCUT2D eigenvalue weighted by Gasteiger charge is 2.20. The first-order valence-electron chi connectivity index (χ1n) is 9.22. The van der Waals surface area contributed by atoms with Gasteiger partial charge in [0.2, 0.25) is 0 Å². The van der Waals surface area contributed by atoms with E-state index in [1.54, 1.807) is 18.5 Å². The van der Waals surface area contributed by atoms with Crippen molar-refractivity contribution in [2.24, 2.45) is 0 Å². The van der Waals surface area contributed by atoms with Crippen molar-refractivity contribution in [1.82, 2.24) is 9.97 Å². The number of carbonyl (C=O) groups is 1. The molecule has 0 saturated carbocycles. The summed E-state index contributed by atoms with van der Waals surface area (Å²) in [6, 6.07) is 19.5. The van der Waals surface area contributed by atoms with Crippen molar-refractivity contribution in [3.63, 3.8) is 0 Å². The Balaban J connectivity index is 1.68. The Kier molecular flexibility index (Phi) is 5.35. The molecular weight excluding hydrogens is 380 g/mol. The molecule has 0 spiro atoms. The van der Waals surface area contributed by atoms with E-state index in [4.69, 9.17) is 4.98 Å². The fourth-order valence-corrected chi connectivity index (χ4v) is 3.79. The van der Waals surface area contributed by atoms with E-state index >= 15 is 0 Å². The SMILES string of the molecule is Cc1ccc(Nc2nc(-c3ccccc3)c(C(=O)Nc3cccnc3)s2)cc1C. The molecule has 0 aliphatic heterocycles. The van der Waals surface area contributed by atoms with Crippen LogP contribution in [0.3, 0.4) is 0 Å². The maximum absolute atomic E-state index is 13.0. The van der Waals surface area contributed by atoms with Crippen LogP contribution in [0.25, 0.3) is 11.3 Å². The summed E-state index contributed by atoms with van der Waals surface area (Å²) in [5.41, 5.74) is 5.58. The van der Waals surface area contributed by atoms with Gasteiger partial charge in [0.05, 0.1) is 17.6 Å². The van der Waals surface area contributed by atoms with Crippen LogP contribution in [0.5, 0.6) is 0 Å². The molecule has 5 nitrogen and oxygen atoms in total. The van der Waals surface area contributed by atoms with Crippen molar-refractivity contribution < 1.29 is 4.79 Å². The first kappa shape index (κ1) is 18.8. The Morgan fingerprint density at radius 3 is 2.48 bits per heavy atom. The van der Waals surface area contributed by atoms with Crippen molar-refractivity contribution in [3.8, 4) is 11.3 Å². The number of nitrogens with one attached hydrogen (secondary N) is 2. The topological polar surface area (TPSA) is 66.9 Å². The van der Waals surface area contributed by atoms with Crippen molar-refractivity contribution in [3.05, 3.63) is 89.1 Å². The molecule has 0 atom stereocenters. The van der Waals surface area contributed by atoms with E-state index in [2.05, 4.69) is 41.6 Å². The van der Waals surface area contributed by atoms with Gasteiger partial charge in [-0.3, -0.25) is 9.78 Å². The van der Waals surface area contributed by atoms with E-state index in [0.29, 0.717) is 21.4 Å². The summed E-state index contributed by atoms with van der Waals surface area (Å²) in [5, 5.41) is 6.91. The zero-order chi connectivity index (χ0) is 20.2. The minimum Gasteiger partial charge on any atom is -0.332 e. The molecule has 144 valence electrons. The zero-order valence-corrected chi connectivity index (χ0v) is 17.0.